The molecule has 1 fully saturated rings. The highest BCUT2D eigenvalue weighted by Gasteiger charge is 2.29. The van der Waals surface area contributed by atoms with Crippen LogP contribution in [0.1, 0.15) is 13.3 Å². The van der Waals surface area contributed by atoms with E-state index in [0.717, 1.165) is 0 Å². The van der Waals surface area contributed by atoms with Gasteiger partial charge >= 0.3 is 0 Å². The minimum absolute atomic E-state index is 0.00931. The molecule has 1 saturated heterocycles. The highest BCUT2D eigenvalue weighted by atomic mass is 35.5. The zero-order valence-electron chi connectivity index (χ0n) is 14.8. The first-order chi connectivity index (χ1) is 12.9. The topological polar surface area (TPSA) is 82.5 Å². The van der Waals surface area contributed by atoms with E-state index >= 15 is 0 Å². The smallest absolute Gasteiger partial charge is 0.211 e. The summed E-state index contributed by atoms with van der Waals surface area (Å²) < 4.78 is 53.1. The predicted molar refractivity (Wildman–Crippen MR) is 99.3 cm³/mol. The van der Waals surface area contributed by atoms with Gasteiger partial charge in [-0.3, -0.25) is 0 Å². The molecule has 7 nitrogen and oxygen atoms in total. The molecule has 2 atom stereocenters. The van der Waals surface area contributed by atoms with Gasteiger partial charge in [0.1, 0.15) is 0 Å². The average molecular weight is 418 g/mol. The van der Waals surface area contributed by atoms with Crippen LogP contribution >= 0.6 is 11.6 Å². The van der Waals surface area contributed by atoms with Crippen LogP contribution in [-0.4, -0.2) is 49.8 Å². The Hall–Kier alpha value is -1.68. The van der Waals surface area contributed by atoms with Crippen LogP contribution < -0.4 is 9.46 Å². The predicted octanol–water partition coefficient (Wildman–Crippen LogP) is 2.39. The summed E-state index contributed by atoms with van der Waals surface area (Å²) in [4.78, 5) is 0. The van der Waals surface area contributed by atoms with Crippen LogP contribution in [0.3, 0.4) is 0 Å². The molecule has 1 aliphatic rings. The molecule has 0 saturated carbocycles. The van der Waals surface area contributed by atoms with Gasteiger partial charge in [0.25, 0.3) is 0 Å². The highest BCUT2D eigenvalue weighted by Crippen LogP contribution is 2.24. The van der Waals surface area contributed by atoms with Gasteiger partial charge in [-0.05, 0) is 25.5 Å². The third-order valence-corrected chi connectivity index (χ3v) is 6.01. The minimum atomic E-state index is -3.36. The summed E-state index contributed by atoms with van der Waals surface area (Å²) >= 11 is 5.83. The Balaban J connectivity index is 1.66. The number of rotatable bonds is 7. The van der Waals surface area contributed by atoms with Crippen LogP contribution in [-0.2, 0) is 14.8 Å². The van der Waals surface area contributed by atoms with E-state index in [1.165, 1.54) is 23.0 Å². The van der Waals surface area contributed by atoms with Crippen molar-refractivity contribution < 1.29 is 22.3 Å². The van der Waals surface area contributed by atoms with Gasteiger partial charge in [0.05, 0.1) is 41.9 Å². The number of ether oxygens (including phenoxy) is 2. The summed E-state index contributed by atoms with van der Waals surface area (Å²) in [6.45, 7) is 2.54. The van der Waals surface area contributed by atoms with Crippen molar-refractivity contribution >= 4 is 21.6 Å². The van der Waals surface area contributed by atoms with E-state index < -0.39 is 21.9 Å². The van der Waals surface area contributed by atoms with Gasteiger partial charge in [0.15, 0.2) is 11.6 Å². The lowest BCUT2D eigenvalue weighted by molar-refractivity contribution is 0.0269. The highest BCUT2D eigenvalue weighted by molar-refractivity contribution is 7.89. The van der Waals surface area contributed by atoms with Gasteiger partial charge in [0, 0.05) is 24.8 Å². The Labute approximate surface area is 162 Å². The van der Waals surface area contributed by atoms with Crippen LogP contribution in [0.2, 0.25) is 5.02 Å². The fraction of sp³-hybridized carbons (Fsp3) is 0.471. The first kappa shape index (κ1) is 20.1. The molecular formula is C17H21ClFN3O4S. The standard InChI is InChI=1S/C17H21ClFN3O4S/c1-2-27(23,24)21-16-11-25-6-5-12(16)10-26-17-4-3-14(7-15(17)19)22-9-13(18)8-20-22/h3-4,7-9,12,16,21H,2,5-6,10-11H2,1H3. The Morgan fingerprint density at radius 1 is 1.48 bits per heavy atom. The van der Waals surface area contributed by atoms with Crippen molar-refractivity contribution in [3.63, 3.8) is 0 Å². The minimum Gasteiger partial charge on any atom is -0.490 e. The van der Waals surface area contributed by atoms with Crippen molar-refractivity contribution in [1.82, 2.24) is 14.5 Å². The molecule has 1 aromatic carbocycles. The Morgan fingerprint density at radius 3 is 2.96 bits per heavy atom. The van der Waals surface area contributed by atoms with Crippen molar-refractivity contribution in [3.05, 3.63) is 41.4 Å². The number of sulfonamides is 1. The number of nitrogens with zero attached hydrogens (tertiary/aromatic N) is 2. The molecule has 0 aliphatic carbocycles. The lowest BCUT2D eigenvalue weighted by Crippen LogP contribution is -2.48. The van der Waals surface area contributed by atoms with Crippen LogP contribution in [0, 0.1) is 11.7 Å². The summed E-state index contributed by atoms with van der Waals surface area (Å²) in [7, 11) is -3.36. The molecule has 1 aromatic heterocycles. The molecule has 0 bridgehead atoms. The molecule has 1 N–H and O–H groups in total. The molecule has 1 aliphatic heterocycles. The van der Waals surface area contributed by atoms with Gasteiger partial charge in [-0.2, -0.15) is 5.10 Å². The Morgan fingerprint density at radius 2 is 2.30 bits per heavy atom. The van der Waals surface area contributed by atoms with Crippen molar-refractivity contribution in [3.8, 4) is 11.4 Å². The monoisotopic (exact) mass is 417 g/mol. The van der Waals surface area contributed by atoms with Crippen LogP contribution in [0.25, 0.3) is 5.69 Å². The third kappa shape index (κ3) is 5.19. The second-order valence-electron chi connectivity index (χ2n) is 6.28. The fourth-order valence-electron chi connectivity index (χ4n) is 2.81. The molecule has 2 aromatic rings. The van der Waals surface area contributed by atoms with Gasteiger partial charge in [-0.25, -0.2) is 22.2 Å². The summed E-state index contributed by atoms with van der Waals surface area (Å²) in [5.41, 5.74) is 0.520. The molecule has 10 heteroatoms. The van der Waals surface area contributed by atoms with E-state index in [-0.39, 0.29) is 30.6 Å². The van der Waals surface area contributed by atoms with Crippen molar-refractivity contribution in [1.29, 1.82) is 0 Å². The molecular weight excluding hydrogens is 397 g/mol. The first-order valence-electron chi connectivity index (χ1n) is 8.58. The molecule has 27 heavy (non-hydrogen) atoms. The van der Waals surface area contributed by atoms with E-state index in [4.69, 9.17) is 21.1 Å². The number of hydrogen-bond acceptors (Lipinski definition) is 5. The van der Waals surface area contributed by atoms with E-state index in [9.17, 15) is 12.8 Å². The molecule has 0 spiro atoms. The maximum atomic E-state index is 14.4. The van der Waals surface area contributed by atoms with E-state index in [0.29, 0.717) is 23.7 Å². The summed E-state index contributed by atoms with van der Waals surface area (Å²) in [5.74, 6) is -0.550. The first-order valence-corrected chi connectivity index (χ1v) is 10.6. The van der Waals surface area contributed by atoms with E-state index in [1.807, 2.05) is 0 Å². The molecule has 0 radical (unpaired) electrons. The van der Waals surface area contributed by atoms with Crippen LogP contribution in [0.15, 0.2) is 30.6 Å². The van der Waals surface area contributed by atoms with Gasteiger partial charge in [-0.15, -0.1) is 0 Å². The lowest BCUT2D eigenvalue weighted by atomic mass is 9.97. The van der Waals surface area contributed by atoms with Gasteiger partial charge in [-0.1, -0.05) is 11.6 Å². The number of aromatic nitrogens is 2. The average Bonchev–Trinajstić information content (AvgIpc) is 3.08. The van der Waals surface area contributed by atoms with Gasteiger partial charge < -0.3 is 9.47 Å². The van der Waals surface area contributed by atoms with Crippen LogP contribution in [0.5, 0.6) is 5.75 Å². The molecule has 2 heterocycles. The summed E-state index contributed by atoms with van der Waals surface area (Å²) in [5, 5.41) is 4.48. The lowest BCUT2D eigenvalue weighted by Gasteiger charge is -2.31. The van der Waals surface area contributed by atoms with Gasteiger partial charge in [0.2, 0.25) is 10.0 Å². The Kier molecular flexibility index (Phi) is 6.36. The number of hydrogen-bond donors (Lipinski definition) is 1. The second kappa shape index (κ2) is 8.55. The Bertz CT molecular complexity index is 890. The van der Waals surface area contributed by atoms with Crippen molar-refractivity contribution in [2.75, 3.05) is 25.6 Å². The quantitative estimate of drug-likeness (QED) is 0.748. The van der Waals surface area contributed by atoms with E-state index in [2.05, 4.69) is 9.82 Å². The summed E-state index contributed by atoms with van der Waals surface area (Å²) in [6.07, 6.45) is 3.66. The maximum Gasteiger partial charge on any atom is 0.211 e. The zero-order chi connectivity index (χ0) is 19.4. The maximum absolute atomic E-state index is 14.4. The zero-order valence-corrected chi connectivity index (χ0v) is 16.3. The third-order valence-electron chi connectivity index (χ3n) is 4.39. The van der Waals surface area contributed by atoms with Crippen LogP contribution in [0.4, 0.5) is 4.39 Å². The summed E-state index contributed by atoms with van der Waals surface area (Å²) in [6, 6.07) is 4.10. The molecule has 3 rings (SSSR count). The second-order valence-corrected chi connectivity index (χ2v) is 8.76. The largest absolute Gasteiger partial charge is 0.490 e. The SMILES string of the molecule is CCS(=O)(=O)NC1COCCC1COc1ccc(-n2cc(Cl)cn2)cc1F. The molecule has 2 unspecified atom stereocenters. The van der Waals surface area contributed by atoms with Crippen molar-refractivity contribution in [2.45, 2.75) is 19.4 Å². The normalized spacial score (nSPS) is 20.6. The number of nitrogens with one attached hydrogen (secondary N) is 1. The van der Waals surface area contributed by atoms with Crippen molar-refractivity contribution in [2.24, 2.45) is 5.92 Å². The number of benzene rings is 1. The fourth-order valence-corrected chi connectivity index (χ4v) is 3.84. The molecule has 0 amide bonds. The van der Waals surface area contributed by atoms with E-state index in [1.54, 1.807) is 19.2 Å². The molecule has 148 valence electrons. The number of halogens is 2.